The molecule has 0 spiro atoms. The molecule has 5 nitrogen and oxygen atoms in total. The first-order valence-corrected chi connectivity index (χ1v) is 6.67. The summed E-state index contributed by atoms with van der Waals surface area (Å²) in [6, 6.07) is 6.87. The van der Waals surface area contributed by atoms with Gasteiger partial charge in [-0.15, -0.1) is 0 Å². The van der Waals surface area contributed by atoms with Crippen molar-refractivity contribution in [1.82, 2.24) is 9.55 Å². The third-order valence-corrected chi connectivity index (χ3v) is 3.52. The molecular formula is C13H12IN3O2. The summed E-state index contributed by atoms with van der Waals surface area (Å²) in [7, 11) is 0. The van der Waals surface area contributed by atoms with Crippen molar-refractivity contribution in [3.8, 4) is 0 Å². The highest BCUT2D eigenvalue weighted by molar-refractivity contribution is 14.1. The normalized spacial score (nSPS) is 10.4. The Bertz CT molecular complexity index is 677. The fraction of sp³-hybridized carbons (Fsp3) is 0.154. The molecule has 2 aromatic rings. The Morgan fingerprint density at radius 2 is 2.00 bits per heavy atom. The van der Waals surface area contributed by atoms with Gasteiger partial charge in [-0.3, -0.25) is 14.2 Å². The molecule has 1 heterocycles. The van der Waals surface area contributed by atoms with Crippen LogP contribution in [0, 0.1) is 10.5 Å². The van der Waals surface area contributed by atoms with Crippen molar-refractivity contribution in [1.29, 1.82) is 0 Å². The minimum absolute atomic E-state index is 0.0629. The van der Waals surface area contributed by atoms with Crippen LogP contribution in [-0.4, -0.2) is 15.5 Å². The second kappa shape index (κ2) is 5.52. The zero-order chi connectivity index (χ0) is 14.0. The minimum Gasteiger partial charge on any atom is -0.366 e. The van der Waals surface area contributed by atoms with E-state index in [0.29, 0.717) is 21.5 Å². The number of aromatic nitrogens is 2. The quantitative estimate of drug-likeness (QED) is 0.829. The van der Waals surface area contributed by atoms with Crippen molar-refractivity contribution in [2.75, 3.05) is 0 Å². The summed E-state index contributed by atoms with van der Waals surface area (Å²) in [5.74, 6) is 0.195. The van der Waals surface area contributed by atoms with Crippen LogP contribution < -0.4 is 11.3 Å². The fourth-order valence-corrected chi connectivity index (χ4v) is 2.12. The Morgan fingerprint density at radius 1 is 1.37 bits per heavy atom. The molecule has 0 saturated heterocycles. The van der Waals surface area contributed by atoms with Gasteiger partial charge in [0, 0.05) is 11.8 Å². The number of aryl methyl sites for hydroxylation is 1. The largest absolute Gasteiger partial charge is 0.366 e. The van der Waals surface area contributed by atoms with Crippen molar-refractivity contribution in [3.63, 3.8) is 0 Å². The third-order valence-electron chi connectivity index (χ3n) is 2.78. The Kier molecular flexibility index (Phi) is 3.98. The lowest BCUT2D eigenvalue weighted by Gasteiger charge is -2.09. The monoisotopic (exact) mass is 369 g/mol. The molecule has 0 aliphatic carbocycles. The van der Waals surface area contributed by atoms with Gasteiger partial charge >= 0.3 is 0 Å². The summed E-state index contributed by atoms with van der Waals surface area (Å²) in [4.78, 5) is 27.2. The van der Waals surface area contributed by atoms with E-state index < -0.39 is 5.91 Å². The van der Waals surface area contributed by atoms with E-state index in [1.165, 1.54) is 0 Å². The van der Waals surface area contributed by atoms with Gasteiger partial charge in [0.2, 0.25) is 5.91 Å². The van der Waals surface area contributed by atoms with Gasteiger partial charge in [0.25, 0.3) is 5.56 Å². The number of benzene rings is 1. The molecule has 2 N–H and O–H groups in total. The van der Waals surface area contributed by atoms with Crippen LogP contribution in [0.5, 0.6) is 0 Å². The maximum Gasteiger partial charge on any atom is 0.267 e. The van der Waals surface area contributed by atoms with Gasteiger partial charge in [-0.2, -0.15) is 0 Å². The predicted octanol–water partition coefficient (Wildman–Crippen LogP) is 1.30. The smallest absolute Gasteiger partial charge is 0.267 e. The molecule has 98 valence electrons. The Balaban J connectivity index is 2.34. The van der Waals surface area contributed by atoms with E-state index in [-0.39, 0.29) is 5.56 Å². The molecule has 0 bridgehead atoms. The number of primary amides is 1. The number of rotatable bonds is 3. The van der Waals surface area contributed by atoms with Crippen LogP contribution >= 0.6 is 22.6 Å². The van der Waals surface area contributed by atoms with Crippen molar-refractivity contribution in [3.05, 3.63) is 61.3 Å². The first-order chi connectivity index (χ1) is 8.99. The molecule has 1 aromatic heterocycles. The first-order valence-electron chi connectivity index (χ1n) is 5.59. The second-order valence-corrected chi connectivity index (χ2v) is 5.27. The summed E-state index contributed by atoms with van der Waals surface area (Å²) in [6.07, 6.45) is 1.56. The van der Waals surface area contributed by atoms with Crippen LogP contribution in [0.3, 0.4) is 0 Å². The van der Waals surface area contributed by atoms with Gasteiger partial charge in [-0.1, -0.05) is 12.1 Å². The lowest BCUT2D eigenvalue weighted by molar-refractivity contribution is 0.100. The highest BCUT2D eigenvalue weighted by Crippen LogP contribution is 2.07. The van der Waals surface area contributed by atoms with Crippen molar-refractivity contribution in [2.24, 2.45) is 5.73 Å². The van der Waals surface area contributed by atoms with Gasteiger partial charge in [0.1, 0.15) is 5.82 Å². The number of amides is 1. The number of nitrogens with zero attached hydrogens (tertiary/aromatic N) is 2. The molecule has 6 heteroatoms. The lowest BCUT2D eigenvalue weighted by atomic mass is 10.1. The number of carbonyl (C=O) groups excluding carboxylic acids is 1. The number of carbonyl (C=O) groups is 1. The molecule has 1 amide bonds. The molecule has 2 rings (SSSR count). The molecule has 19 heavy (non-hydrogen) atoms. The Labute approximate surface area is 123 Å². The van der Waals surface area contributed by atoms with Crippen LogP contribution in [0.15, 0.2) is 35.3 Å². The van der Waals surface area contributed by atoms with E-state index in [1.807, 2.05) is 22.6 Å². The average Bonchev–Trinajstić information content (AvgIpc) is 2.40. The van der Waals surface area contributed by atoms with Gasteiger partial charge in [0.05, 0.1) is 10.1 Å². The predicted molar refractivity (Wildman–Crippen MR) is 80.0 cm³/mol. The molecule has 0 atom stereocenters. The SMILES string of the molecule is Cc1ncc(I)c(=O)n1Cc1ccc(C(N)=O)cc1. The van der Waals surface area contributed by atoms with Crippen LogP contribution in [0.1, 0.15) is 21.7 Å². The topological polar surface area (TPSA) is 78.0 Å². The van der Waals surface area contributed by atoms with E-state index >= 15 is 0 Å². The molecule has 0 aliphatic rings. The van der Waals surface area contributed by atoms with Crippen LogP contribution in [0.25, 0.3) is 0 Å². The molecule has 0 fully saturated rings. The summed E-state index contributed by atoms with van der Waals surface area (Å²) >= 11 is 1.97. The van der Waals surface area contributed by atoms with E-state index in [4.69, 9.17) is 5.73 Å². The summed E-state index contributed by atoms with van der Waals surface area (Å²) in [6.45, 7) is 2.21. The molecule has 0 unspecified atom stereocenters. The Morgan fingerprint density at radius 3 is 2.58 bits per heavy atom. The van der Waals surface area contributed by atoms with Crippen molar-refractivity contribution in [2.45, 2.75) is 13.5 Å². The van der Waals surface area contributed by atoms with Crippen molar-refractivity contribution >= 4 is 28.5 Å². The zero-order valence-corrected chi connectivity index (χ0v) is 12.4. The van der Waals surface area contributed by atoms with Gasteiger partial charge < -0.3 is 5.73 Å². The molecule has 1 aromatic carbocycles. The zero-order valence-electron chi connectivity index (χ0n) is 10.3. The summed E-state index contributed by atoms with van der Waals surface area (Å²) < 4.78 is 2.18. The standard InChI is InChI=1S/C13H12IN3O2/c1-8-16-6-11(14)13(19)17(8)7-9-2-4-10(5-3-9)12(15)18/h2-6H,7H2,1H3,(H2,15,18). The maximum atomic E-state index is 12.0. The summed E-state index contributed by atoms with van der Waals surface area (Å²) in [5.41, 5.74) is 6.48. The fourth-order valence-electron chi connectivity index (χ4n) is 1.69. The van der Waals surface area contributed by atoms with E-state index in [1.54, 1.807) is 42.0 Å². The first kappa shape index (κ1) is 13.7. The second-order valence-electron chi connectivity index (χ2n) is 4.11. The number of nitrogens with two attached hydrogens (primary N) is 1. The van der Waals surface area contributed by atoms with Gasteiger partial charge in [0.15, 0.2) is 0 Å². The highest BCUT2D eigenvalue weighted by Gasteiger charge is 2.06. The van der Waals surface area contributed by atoms with Crippen LogP contribution in [0.4, 0.5) is 0 Å². The van der Waals surface area contributed by atoms with E-state index in [2.05, 4.69) is 4.98 Å². The highest BCUT2D eigenvalue weighted by atomic mass is 127. The van der Waals surface area contributed by atoms with Crippen LogP contribution in [-0.2, 0) is 6.54 Å². The number of hydrogen-bond acceptors (Lipinski definition) is 3. The lowest BCUT2D eigenvalue weighted by Crippen LogP contribution is -2.26. The van der Waals surface area contributed by atoms with Gasteiger partial charge in [-0.25, -0.2) is 4.98 Å². The van der Waals surface area contributed by atoms with E-state index in [0.717, 1.165) is 5.56 Å². The summed E-state index contributed by atoms with van der Waals surface area (Å²) in [5, 5.41) is 0. The van der Waals surface area contributed by atoms with Gasteiger partial charge in [-0.05, 0) is 47.2 Å². The van der Waals surface area contributed by atoms with Crippen molar-refractivity contribution < 1.29 is 4.79 Å². The minimum atomic E-state index is -0.462. The van der Waals surface area contributed by atoms with E-state index in [9.17, 15) is 9.59 Å². The molecule has 0 radical (unpaired) electrons. The van der Waals surface area contributed by atoms with Crippen LogP contribution in [0.2, 0.25) is 0 Å². The number of hydrogen-bond donors (Lipinski definition) is 1. The third kappa shape index (κ3) is 3.01. The molecule has 0 aliphatic heterocycles. The molecular weight excluding hydrogens is 357 g/mol. The average molecular weight is 369 g/mol. The number of halogens is 1. The molecule has 0 saturated carbocycles. The maximum absolute atomic E-state index is 12.0. The Hall–Kier alpha value is -1.70.